The summed E-state index contributed by atoms with van der Waals surface area (Å²) in [6.07, 6.45) is 3.49. The molecule has 2 heterocycles. The van der Waals surface area contributed by atoms with Crippen molar-refractivity contribution in [2.45, 2.75) is 39.2 Å². The first-order valence-corrected chi connectivity index (χ1v) is 8.58. The molecule has 4 rings (SSSR count). The number of anilines is 1. The number of benzene rings is 1. The number of para-hydroxylation sites is 2. The molecule has 2 aromatic heterocycles. The predicted molar refractivity (Wildman–Crippen MR) is 95.4 cm³/mol. The first kappa shape index (κ1) is 14.9. The minimum absolute atomic E-state index is 0.272. The van der Waals surface area contributed by atoms with Crippen LogP contribution in [0, 0.1) is 23.2 Å². The summed E-state index contributed by atoms with van der Waals surface area (Å²) in [5.41, 5.74) is 9.84. The van der Waals surface area contributed by atoms with Crippen LogP contribution in [-0.2, 0) is 0 Å². The summed E-state index contributed by atoms with van der Waals surface area (Å²) in [6.45, 7) is 4.57. The van der Waals surface area contributed by atoms with Crippen LogP contribution in [0.4, 0.5) is 5.82 Å². The molecule has 1 saturated carbocycles. The Bertz CT molecular complexity index is 965. The molecule has 1 fully saturated rings. The van der Waals surface area contributed by atoms with E-state index in [1.54, 1.807) is 0 Å². The lowest BCUT2D eigenvalue weighted by molar-refractivity contribution is 0.191. The Balaban J connectivity index is 2.02. The van der Waals surface area contributed by atoms with E-state index in [9.17, 15) is 5.26 Å². The van der Waals surface area contributed by atoms with E-state index in [-0.39, 0.29) is 6.04 Å². The molecule has 5 heteroatoms. The van der Waals surface area contributed by atoms with Crippen LogP contribution in [-0.4, -0.2) is 14.5 Å². The second-order valence-electron chi connectivity index (χ2n) is 6.96. The molecule has 122 valence electrons. The third-order valence-electron chi connectivity index (χ3n) is 5.64. The number of hydrogen-bond acceptors (Lipinski definition) is 4. The van der Waals surface area contributed by atoms with Crippen LogP contribution >= 0.6 is 0 Å². The van der Waals surface area contributed by atoms with Crippen LogP contribution in [0.15, 0.2) is 24.3 Å². The van der Waals surface area contributed by atoms with E-state index in [1.165, 1.54) is 12.8 Å². The van der Waals surface area contributed by atoms with Crippen molar-refractivity contribution in [3.63, 3.8) is 0 Å². The quantitative estimate of drug-likeness (QED) is 0.734. The van der Waals surface area contributed by atoms with Crippen LogP contribution in [0.5, 0.6) is 0 Å². The van der Waals surface area contributed by atoms with Crippen LogP contribution in [0.1, 0.15) is 44.7 Å². The van der Waals surface area contributed by atoms with Crippen molar-refractivity contribution in [1.82, 2.24) is 14.5 Å². The molecule has 2 N–H and O–H groups in total. The SMILES string of the molecule is C[C@@H]1[C@H](C)CCC[C@H]1n1c(N)c(C#N)c2nc3ccccc3nc21. The molecule has 0 aliphatic heterocycles. The molecule has 1 aliphatic carbocycles. The van der Waals surface area contributed by atoms with Crippen molar-refractivity contribution in [3.05, 3.63) is 29.8 Å². The molecule has 0 spiro atoms. The van der Waals surface area contributed by atoms with Crippen molar-refractivity contribution >= 4 is 28.0 Å². The number of nitriles is 1. The van der Waals surface area contributed by atoms with Gasteiger partial charge in [0, 0.05) is 6.04 Å². The molecule has 0 bridgehead atoms. The molecule has 0 radical (unpaired) electrons. The van der Waals surface area contributed by atoms with Crippen LogP contribution in [0.2, 0.25) is 0 Å². The second kappa shape index (κ2) is 5.48. The largest absolute Gasteiger partial charge is 0.384 e. The first-order valence-electron chi connectivity index (χ1n) is 8.58. The Labute approximate surface area is 141 Å². The van der Waals surface area contributed by atoms with Crippen molar-refractivity contribution in [2.75, 3.05) is 5.73 Å². The molecule has 24 heavy (non-hydrogen) atoms. The Morgan fingerprint density at radius 1 is 1.17 bits per heavy atom. The number of aromatic nitrogens is 3. The van der Waals surface area contributed by atoms with Gasteiger partial charge in [0.1, 0.15) is 23.0 Å². The Morgan fingerprint density at radius 3 is 2.58 bits per heavy atom. The van der Waals surface area contributed by atoms with Gasteiger partial charge in [0.05, 0.1) is 11.0 Å². The summed E-state index contributed by atoms with van der Waals surface area (Å²) < 4.78 is 2.08. The van der Waals surface area contributed by atoms with Crippen LogP contribution in [0.25, 0.3) is 22.2 Å². The molecule has 5 nitrogen and oxygen atoms in total. The summed E-state index contributed by atoms with van der Waals surface area (Å²) in [5, 5.41) is 9.61. The average molecular weight is 319 g/mol. The van der Waals surface area contributed by atoms with Crippen molar-refractivity contribution < 1.29 is 0 Å². The van der Waals surface area contributed by atoms with Gasteiger partial charge in [-0.1, -0.05) is 38.8 Å². The molecule has 0 unspecified atom stereocenters. The van der Waals surface area contributed by atoms with Crippen LogP contribution in [0.3, 0.4) is 0 Å². The van der Waals surface area contributed by atoms with Crippen molar-refractivity contribution in [1.29, 1.82) is 5.26 Å². The monoisotopic (exact) mass is 319 g/mol. The summed E-state index contributed by atoms with van der Waals surface area (Å²) in [6, 6.07) is 10.3. The number of hydrogen-bond donors (Lipinski definition) is 1. The number of nitrogens with two attached hydrogens (primary N) is 1. The summed E-state index contributed by atoms with van der Waals surface area (Å²) in [4.78, 5) is 9.49. The predicted octanol–water partition coefficient (Wildman–Crippen LogP) is 4.04. The second-order valence-corrected chi connectivity index (χ2v) is 6.96. The molecular weight excluding hydrogens is 298 g/mol. The van der Waals surface area contributed by atoms with Gasteiger partial charge < -0.3 is 10.3 Å². The molecule has 3 atom stereocenters. The number of nitrogens with zero attached hydrogens (tertiary/aromatic N) is 4. The lowest BCUT2D eigenvalue weighted by Gasteiger charge is -2.35. The van der Waals surface area contributed by atoms with Crippen molar-refractivity contribution in [2.24, 2.45) is 11.8 Å². The Morgan fingerprint density at radius 2 is 1.88 bits per heavy atom. The zero-order valence-corrected chi connectivity index (χ0v) is 14.0. The topological polar surface area (TPSA) is 80.5 Å². The van der Waals surface area contributed by atoms with Crippen molar-refractivity contribution in [3.8, 4) is 6.07 Å². The number of rotatable bonds is 1. The van der Waals surface area contributed by atoms with Gasteiger partial charge in [-0.3, -0.25) is 0 Å². The van der Waals surface area contributed by atoms with Gasteiger partial charge in [0.25, 0.3) is 0 Å². The maximum atomic E-state index is 9.61. The summed E-state index contributed by atoms with van der Waals surface area (Å²) in [5.74, 6) is 1.64. The van der Waals surface area contributed by atoms with E-state index in [2.05, 4.69) is 29.5 Å². The maximum absolute atomic E-state index is 9.61. The zero-order chi connectivity index (χ0) is 16.8. The van der Waals surface area contributed by atoms with Gasteiger partial charge in [-0.05, 0) is 30.4 Å². The van der Waals surface area contributed by atoms with E-state index >= 15 is 0 Å². The maximum Gasteiger partial charge on any atom is 0.162 e. The highest BCUT2D eigenvalue weighted by atomic mass is 15.1. The first-order chi connectivity index (χ1) is 11.6. The van der Waals surface area contributed by atoms with E-state index in [0.717, 1.165) is 23.1 Å². The molecule has 0 amide bonds. The molecule has 1 aliphatic rings. The summed E-state index contributed by atoms with van der Waals surface area (Å²) >= 11 is 0. The fourth-order valence-electron chi connectivity index (χ4n) is 4.05. The smallest absolute Gasteiger partial charge is 0.162 e. The third-order valence-corrected chi connectivity index (χ3v) is 5.64. The lowest BCUT2D eigenvalue weighted by atomic mass is 9.78. The highest BCUT2D eigenvalue weighted by molar-refractivity contribution is 5.92. The van der Waals surface area contributed by atoms with Gasteiger partial charge in [-0.2, -0.15) is 5.26 Å². The van der Waals surface area contributed by atoms with Gasteiger partial charge >= 0.3 is 0 Å². The minimum Gasteiger partial charge on any atom is -0.384 e. The Hall–Kier alpha value is -2.61. The normalized spacial score (nSPS) is 24.3. The average Bonchev–Trinajstić information content (AvgIpc) is 2.86. The lowest BCUT2D eigenvalue weighted by Crippen LogP contribution is -2.28. The Kier molecular flexibility index (Phi) is 3.42. The highest BCUT2D eigenvalue weighted by Gasteiger charge is 2.32. The van der Waals surface area contributed by atoms with E-state index < -0.39 is 0 Å². The standard InChI is InChI=1S/C19H21N5/c1-11-6-5-9-16(12(11)2)24-18(21)13(10-20)17-19(24)23-15-8-4-3-7-14(15)22-17/h3-4,7-8,11-12,16H,5-6,9,21H2,1-2H3/t11-,12-,16-/m1/s1. The van der Waals surface area contributed by atoms with E-state index in [4.69, 9.17) is 10.7 Å². The van der Waals surface area contributed by atoms with Gasteiger partial charge in [0.2, 0.25) is 0 Å². The number of fused-ring (bicyclic) bond motifs is 2. The van der Waals surface area contributed by atoms with E-state index in [0.29, 0.717) is 28.7 Å². The molecular formula is C19H21N5. The van der Waals surface area contributed by atoms with Gasteiger partial charge in [-0.25, -0.2) is 9.97 Å². The third kappa shape index (κ3) is 2.06. The molecule has 1 aromatic carbocycles. The number of nitrogen functional groups attached to an aromatic ring is 1. The fourth-order valence-corrected chi connectivity index (χ4v) is 4.05. The molecule has 0 saturated heterocycles. The van der Waals surface area contributed by atoms with Crippen LogP contribution < -0.4 is 5.73 Å². The minimum atomic E-state index is 0.272. The molecule has 3 aromatic rings. The summed E-state index contributed by atoms with van der Waals surface area (Å²) in [7, 11) is 0. The van der Waals surface area contributed by atoms with Gasteiger partial charge in [-0.15, -0.1) is 0 Å². The fraction of sp³-hybridized carbons (Fsp3) is 0.421. The van der Waals surface area contributed by atoms with E-state index in [1.807, 2.05) is 24.3 Å². The zero-order valence-electron chi connectivity index (χ0n) is 14.0. The van der Waals surface area contributed by atoms with Gasteiger partial charge in [0.15, 0.2) is 5.65 Å². The highest BCUT2D eigenvalue weighted by Crippen LogP contribution is 2.42.